The summed E-state index contributed by atoms with van der Waals surface area (Å²) in [6.07, 6.45) is 2.33. The second-order valence-corrected chi connectivity index (χ2v) is 7.38. The average molecular weight is 306 g/mol. The lowest BCUT2D eigenvalue weighted by atomic mass is 10.2. The van der Waals surface area contributed by atoms with Gasteiger partial charge in [0.05, 0.1) is 12.3 Å². The first-order valence-electron chi connectivity index (χ1n) is 7.08. The molecule has 0 aliphatic carbocycles. The van der Waals surface area contributed by atoms with Gasteiger partial charge in [0.15, 0.2) is 0 Å². The van der Waals surface area contributed by atoms with Crippen LogP contribution in [-0.2, 0) is 10.0 Å². The molecule has 1 saturated heterocycles. The van der Waals surface area contributed by atoms with Gasteiger partial charge < -0.3 is 4.74 Å². The molecule has 21 heavy (non-hydrogen) atoms. The third kappa shape index (κ3) is 2.87. The summed E-state index contributed by atoms with van der Waals surface area (Å²) >= 11 is 0. The molecule has 0 saturated carbocycles. The molecule has 1 atom stereocenters. The van der Waals surface area contributed by atoms with Crippen LogP contribution in [0.3, 0.4) is 0 Å². The van der Waals surface area contributed by atoms with Crippen molar-refractivity contribution < 1.29 is 13.2 Å². The van der Waals surface area contributed by atoms with Gasteiger partial charge in [0.1, 0.15) is 17.4 Å². The van der Waals surface area contributed by atoms with Crippen molar-refractivity contribution in [2.24, 2.45) is 0 Å². The zero-order valence-corrected chi connectivity index (χ0v) is 12.7. The molecule has 6 heteroatoms. The maximum atomic E-state index is 11.9. The minimum atomic E-state index is -3.13. The van der Waals surface area contributed by atoms with E-state index in [1.54, 1.807) is 13.1 Å². The maximum absolute atomic E-state index is 11.9. The molecular weight excluding hydrogens is 288 g/mol. The van der Waals surface area contributed by atoms with Crippen LogP contribution < -0.4 is 4.74 Å². The van der Waals surface area contributed by atoms with Crippen LogP contribution >= 0.6 is 0 Å². The highest BCUT2D eigenvalue weighted by Gasteiger charge is 2.31. The van der Waals surface area contributed by atoms with E-state index in [9.17, 15) is 8.42 Å². The third-order valence-corrected chi connectivity index (χ3v) is 5.60. The highest BCUT2D eigenvalue weighted by molar-refractivity contribution is 7.89. The fourth-order valence-electron chi connectivity index (χ4n) is 2.58. The molecule has 1 aliphatic heterocycles. The fourth-order valence-corrected chi connectivity index (χ4v) is 3.72. The summed E-state index contributed by atoms with van der Waals surface area (Å²) in [5, 5.41) is 1.02. The number of ether oxygens (including phenoxy) is 1. The summed E-state index contributed by atoms with van der Waals surface area (Å²) in [6, 6.07) is 9.66. The number of pyridine rings is 1. The molecule has 1 fully saturated rings. The van der Waals surface area contributed by atoms with Crippen molar-refractivity contribution in [1.29, 1.82) is 0 Å². The minimum Gasteiger partial charge on any atom is -0.487 e. The number of fused-ring (bicyclic) bond motifs is 1. The first kappa shape index (κ1) is 14.3. The van der Waals surface area contributed by atoms with Gasteiger partial charge in [-0.2, -0.15) is 4.31 Å². The Hall–Kier alpha value is -1.66. The number of aromatic nitrogens is 1. The van der Waals surface area contributed by atoms with E-state index in [1.165, 1.54) is 4.31 Å². The van der Waals surface area contributed by atoms with E-state index in [0.29, 0.717) is 25.3 Å². The second kappa shape index (κ2) is 5.61. The molecule has 0 N–H and O–H groups in total. The lowest BCUT2D eigenvalue weighted by molar-refractivity contribution is 0.218. The molecule has 0 amide bonds. The predicted molar refractivity (Wildman–Crippen MR) is 81.8 cm³/mol. The van der Waals surface area contributed by atoms with Crippen LogP contribution in [-0.4, -0.2) is 42.7 Å². The summed E-state index contributed by atoms with van der Waals surface area (Å²) in [5.41, 5.74) is 0.816. The molecule has 1 unspecified atom stereocenters. The van der Waals surface area contributed by atoms with E-state index >= 15 is 0 Å². The molecule has 112 valence electrons. The van der Waals surface area contributed by atoms with Gasteiger partial charge in [0, 0.05) is 18.1 Å². The van der Waals surface area contributed by atoms with E-state index in [1.807, 2.05) is 30.3 Å². The Labute approximate surface area is 124 Å². The summed E-state index contributed by atoms with van der Waals surface area (Å²) < 4.78 is 31.2. The summed E-state index contributed by atoms with van der Waals surface area (Å²) in [5.74, 6) is 0.851. The number of para-hydroxylation sites is 1. The molecule has 1 aromatic heterocycles. The number of hydrogen-bond donors (Lipinski definition) is 0. The molecule has 0 spiro atoms. The molecule has 1 aromatic carbocycles. The monoisotopic (exact) mass is 306 g/mol. The first-order valence-corrected chi connectivity index (χ1v) is 8.69. The van der Waals surface area contributed by atoms with Crippen molar-refractivity contribution in [2.75, 3.05) is 18.8 Å². The molecule has 0 bridgehead atoms. The number of benzene rings is 1. The van der Waals surface area contributed by atoms with Gasteiger partial charge in [-0.15, -0.1) is 0 Å². The van der Waals surface area contributed by atoms with Crippen molar-refractivity contribution in [3.8, 4) is 5.75 Å². The van der Waals surface area contributed by atoms with Crippen LogP contribution in [0.1, 0.15) is 13.3 Å². The number of nitrogens with zero attached hydrogens (tertiary/aromatic N) is 2. The van der Waals surface area contributed by atoms with Gasteiger partial charge in [-0.25, -0.2) is 8.42 Å². The molecule has 0 radical (unpaired) electrons. The highest BCUT2D eigenvalue weighted by atomic mass is 32.2. The Kier molecular flexibility index (Phi) is 3.82. The van der Waals surface area contributed by atoms with E-state index in [-0.39, 0.29) is 11.9 Å². The Morgan fingerprint density at radius 3 is 2.95 bits per heavy atom. The molecule has 3 rings (SSSR count). The number of hydrogen-bond acceptors (Lipinski definition) is 4. The largest absolute Gasteiger partial charge is 0.487 e. The number of sulfonamides is 1. The molecule has 5 nitrogen and oxygen atoms in total. The molecule has 2 aromatic rings. The summed E-state index contributed by atoms with van der Waals surface area (Å²) in [4.78, 5) is 4.35. The Morgan fingerprint density at radius 2 is 2.14 bits per heavy atom. The van der Waals surface area contributed by atoms with Gasteiger partial charge in [-0.1, -0.05) is 18.2 Å². The van der Waals surface area contributed by atoms with E-state index < -0.39 is 10.0 Å². The van der Waals surface area contributed by atoms with Gasteiger partial charge in [-0.3, -0.25) is 4.98 Å². The van der Waals surface area contributed by atoms with Crippen LogP contribution in [0.5, 0.6) is 5.75 Å². The third-order valence-electron chi connectivity index (χ3n) is 3.76. The normalized spacial score (nSPS) is 20.0. The lowest BCUT2D eigenvalue weighted by Gasteiger charge is -2.17. The lowest BCUT2D eigenvalue weighted by Crippen LogP contribution is -2.32. The zero-order chi connectivity index (χ0) is 14.9. The van der Waals surface area contributed by atoms with Crippen molar-refractivity contribution in [2.45, 2.75) is 19.4 Å². The smallest absolute Gasteiger partial charge is 0.213 e. The van der Waals surface area contributed by atoms with Crippen molar-refractivity contribution >= 4 is 20.9 Å². The van der Waals surface area contributed by atoms with E-state index in [2.05, 4.69) is 4.98 Å². The minimum absolute atomic E-state index is 0.112. The SMILES string of the molecule is CCS(=O)(=O)N1CCC(Oc2cccc3cccnc23)C1. The summed E-state index contributed by atoms with van der Waals surface area (Å²) in [7, 11) is -3.13. The van der Waals surface area contributed by atoms with Crippen molar-refractivity contribution in [3.63, 3.8) is 0 Å². The first-order chi connectivity index (χ1) is 10.1. The van der Waals surface area contributed by atoms with Crippen LogP contribution in [0.15, 0.2) is 36.5 Å². The average Bonchev–Trinajstić information content (AvgIpc) is 2.97. The van der Waals surface area contributed by atoms with Crippen LogP contribution in [0, 0.1) is 0 Å². The summed E-state index contributed by atoms with van der Waals surface area (Å²) in [6.45, 7) is 2.61. The van der Waals surface area contributed by atoms with Gasteiger partial charge >= 0.3 is 0 Å². The van der Waals surface area contributed by atoms with E-state index in [4.69, 9.17) is 4.74 Å². The second-order valence-electron chi connectivity index (χ2n) is 5.12. The Morgan fingerprint density at radius 1 is 1.33 bits per heavy atom. The molecule has 2 heterocycles. The quantitative estimate of drug-likeness (QED) is 0.867. The van der Waals surface area contributed by atoms with Crippen LogP contribution in [0.4, 0.5) is 0 Å². The van der Waals surface area contributed by atoms with E-state index in [0.717, 1.165) is 10.9 Å². The fraction of sp³-hybridized carbons (Fsp3) is 0.400. The van der Waals surface area contributed by atoms with Crippen molar-refractivity contribution in [3.05, 3.63) is 36.5 Å². The molecule has 1 aliphatic rings. The number of rotatable bonds is 4. The van der Waals surface area contributed by atoms with Crippen molar-refractivity contribution in [1.82, 2.24) is 9.29 Å². The van der Waals surface area contributed by atoms with Crippen LogP contribution in [0.25, 0.3) is 10.9 Å². The topological polar surface area (TPSA) is 59.5 Å². The predicted octanol–water partition coefficient (Wildman–Crippen LogP) is 2.04. The van der Waals surface area contributed by atoms with Crippen LogP contribution in [0.2, 0.25) is 0 Å². The zero-order valence-electron chi connectivity index (χ0n) is 11.9. The van der Waals surface area contributed by atoms with Gasteiger partial charge in [-0.05, 0) is 25.5 Å². The molecular formula is C15H18N2O3S. The Bertz CT molecular complexity index is 740. The maximum Gasteiger partial charge on any atom is 0.213 e. The highest BCUT2D eigenvalue weighted by Crippen LogP contribution is 2.26. The Balaban J connectivity index is 1.78. The van der Waals surface area contributed by atoms with Gasteiger partial charge in [0.25, 0.3) is 0 Å². The standard InChI is InChI=1S/C15H18N2O3S/c1-2-21(18,19)17-10-8-13(11-17)20-14-7-3-5-12-6-4-9-16-15(12)14/h3-7,9,13H,2,8,10-11H2,1H3. The van der Waals surface area contributed by atoms with Gasteiger partial charge in [0.2, 0.25) is 10.0 Å².